The van der Waals surface area contributed by atoms with Crippen LogP contribution in [0.4, 0.5) is 0 Å². The highest BCUT2D eigenvalue weighted by Crippen LogP contribution is 2.31. The molecule has 2 aromatic heterocycles. The summed E-state index contributed by atoms with van der Waals surface area (Å²) in [5.41, 5.74) is 8.66. The number of methoxy groups -OCH3 is 1. The van der Waals surface area contributed by atoms with Crippen LogP contribution < -0.4 is 0 Å². The van der Waals surface area contributed by atoms with Crippen molar-refractivity contribution in [2.75, 3.05) is 20.2 Å². The number of fused-ring (bicyclic) bond motifs is 1. The van der Waals surface area contributed by atoms with Gasteiger partial charge in [-0.3, -0.25) is 4.90 Å². The van der Waals surface area contributed by atoms with Crippen molar-refractivity contribution in [2.45, 2.75) is 59.3 Å². The van der Waals surface area contributed by atoms with E-state index in [-0.39, 0.29) is 6.10 Å². The van der Waals surface area contributed by atoms with Crippen LogP contribution in [-0.2, 0) is 16.0 Å². The monoisotopic (exact) mass is 472 g/mol. The molecule has 0 atom stereocenters. The van der Waals surface area contributed by atoms with E-state index in [1.165, 1.54) is 16.5 Å². The number of nitrogens with one attached hydrogen (secondary N) is 2. The summed E-state index contributed by atoms with van der Waals surface area (Å²) in [6, 6.07) is 10.7. The van der Waals surface area contributed by atoms with Crippen LogP contribution in [0, 0.1) is 13.8 Å². The number of aliphatic imine (C=N–C) groups is 1. The quantitative estimate of drug-likeness (QED) is 0.452. The molecule has 0 radical (unpaired) electrons. The number of hydrogen-bond donors (Lipinski definition) is 2. The van der Waals surface area contributed by atoms with E-state index in [0.29, 0.717) is 6.10 Å². The second-order valence-corrected chi connectivity index (χ2v) is 9.97. The Labute approximate surface area is 207 Å². The number of aryl methyl sites for hydroxylation is 2. The molecular formula is C29H36N4O2. The SMILES string of the molecule is COC1=CC(c2[nH]c3ccccc3c2CN2CCC(OC(C)C)CC2)=N/C1=C\c1[nH]c(C)cc1C. The summed E-state index contributed by atoms with van der Waals surface area (Å²) >= 11 is 0. The van der Waals surface area contributed by atoms with Crippen LogP contribution in [0.5, 0.6) is 0 Å². The van der Waals surface area contributed by atoms with Crippen molar-refractivity contribution in [2.24, 2.45) is 4.99 Å². The topological polar surface area (TPSA) is 65.6 Å². The molecule has 4 heterocycles. The van der Waals surface area contributed by atoms with Gasteiger partial charge in [0.15, 0.2) is 0 Å². The lowest BCUT2D eigenvalue weighted by Crippen LogP contribution is -2.37. The third-order valence-electron chi connectivity index (χ3n) is 6.90. The fourth-order valence-corrected chi connectivity index (χ4v) is 5.24. The minimum absolute atomic E-state index is 0.287. The molecule has 1 saturated heterocycles. The van der Waals surface area contributed by atoms with Gasteiger partial charge in [-0.05, 0) is 64.3 Å². The second-order valence-electron chi connectivity index (χ2n) is 9.97. The predicted molar refractivity (Wildman–Crippen MR) is 143 cm³/mol. The minimum Gasteiger partial charge on any atom is -0.494 e. The molecule has 6 nitrogen and oxygen atoms in total. The molecule has 2 aliphatic rings. The molecule has 0 spiro atoms. The molecule has 1 fully saturated rings. The molecule has 35 heavy (non-hydrogen) atoms. The summed E-state index contributed by atoms with van der Waals surface area (Å²) < 4.78 is 11.8. The van der Waals surface area contributed by atoms with Gasteiger partial charge in [0.2, 0.25) is 0 Å². The van der Waals surface area contributed by atoms with E-state index in [0.717, 1.165) is 72.2 Å². The van der Waals surface area contributed by atoms with Gasteiger partial charge >= 0.3 is 0 Å². The highest BCUT2D eigenvalue weighted by Gasteiger charge is 2.26. The van der Waals surface area contributed by atoms with Crippen molar-refractivity contribution in [3.63, 3.8) is 0 Å². The highest BCUT2D eigenvalue weighted by molar-refractivity contribution is 6.14. The number of aromatic nitrogens is 2. The Morgan fingerprint density at radius 2 is 1.91 bits per heavy atom. The van der Waals surface area contributed by atoms with Gasteiger partial charge in [-0.2, -0.15) is 0 Å². The molecule has 5 rings (SSSR count). The molecule has 0 bridgehead atoms. The van der Waals surface area contributed by atoms with Gasteiger partial charge in [0.05, 0.1) is 30.7 Å². The standard InChI is InChI=1S/C29H36N4O2/c1-18(2)35-21-10-12-33(13-11-21)17-23-22-8-6-7-9-24(22)32-29(23)27-16-28(34-5)26(31-27)15-25-19(3)14-20(4)30-25/h6-9,14-16,18,21,30,32H,10-13,17H2,1-5H3/b26-15-. The number of nitrogens with zero attached hydrogens (tertiary/aromatic N) is 2. The Balaban J connectivity index is 1.46. The zero-order valence-electron chi connectivity index (χ0n) is 21.4. The lowest BCUT2D eigenvalue weighted by Gasteiger charge is -2.32. The Morgan fingerprint density at radius 3 is 2.60 bits per heavy atom. The number of para-hydroxylation sites is 1. The van der Waals surface area contributed by atoms with E-state index in [1.807, 2.05) is 6.08 Å². The third kappa shape index (κ3) is 5.00. The lowest BCUT2D eigenvalue weighted by atomic mass is 10.0. The first-order chi connectivity index (χ1) is 16.9. The molecule has 0 aliphatic carbocycles. The zero-order chi connectivity index (χ0) is 24.5. The van der Waals surface area contributed by atoms with E-state index in [1.54, 1.807) is 7.11 Å². The van der Waals surface area contributed by atoms with Gasteiger partial charge in [-0.25, -0.2) is 4.99 Å². The average Bonchev–Trinajstić information content (AvgIpc) is 3.50. The Hall–Kier alpha value is -3.09. The summed E-state index contributed by atoms with van der Waals surface area (Å²) in [4.78, 5) is 14.6. The summed E-state index contributed by atoms with van der Waals surface area (Å²) in [5.74, 6) is 0.780. The van der Waals surface area contributed by atoms with Crippen molar-refractivity contribution in [3.05, 3.63) is 76.1 Å². The molecule has 0 amide bonds. The number of benzene rings is 1. The van der Waals surface area contributed by atoms with Crippen LogP contribution >= 0.6 is 0 Å². The maximum Gasteiger partial charge on any atom is 0.146 e. The first kappa shape index (κ1) is 23.6. The minimum atomic E-state index is 0.287. The number of aromatic amines is 2. The van der Waals surface area contributed by atoms with Crippen molar-refractivity contribution in [1.82, 2.24) is 14.9 Å². The molecule has 6 heteroatoms. The maximum absolute atomic E-state index is 6.06. The van der Waals surface area contributed by atoms with Crippen LogP contribution in [0.25, 0.3) is 17.0 Å². The van der Waals surface area contributed by atoms with E-state index < -0.39 is 0 Å². The molecule has 3 aromatic rings. The second kappa shape index (κ2) is 9.88. The molecule has 0 saturated carbocycles. The Kier molecular flexibility index (Phi) is 6.67. The highest BCUT2D eigenvalue weighted by atomic mass is 16.5. The van der Waals surface area contributed by atoms with E-state index >= 15 is 0 Å². The van der Waals surface area contributed by atoms with Crippen molar-refractivity contribution >= 4 is 22.7 Å². The smallest absolute Gasteiger partial charge is 0.146 e. The predicted octanol–water partition coefficient (Wildman–Crippen LogP) is 5.88. The number of allylic oxidation sites excluding steroid dienone is 1. The number of rotatable bonds is 7. The van der Waals surface area contributed by atoms with Crippen LogP contribution in [-0.4, -0.2) is 53.0 Å². The molecule has 0 unspecified atom stereocenters. The van der Waals surface area contributed by atoms with Crippen molar-refractivity contribution < 1.29 is 9.47 Å². The number of hydrogen-bond acceptors (Lipinski definition) is 4. The van der Waals surface area contributed by atoms with Gasteiger partial charge < -0.3 is 19.4 Å². The summed E-state index contributed by atoms with van der Waals surface area (Å²) in [7, 11) is 1.71. The number of H-pyrrole nitrogens is 2. The summed E-state index contributed by atoms with van der Waals surface area (Å²) in [6.45, 7) is 11.4. The van der Waals surface area contributed by atoms with Crippen LogP contribution in [0.2, 0.25) is 0 Å². The Morgan fingerprint density at radius 1 is 1.14 bits per heavy atom. The molecule has 184 valence electrons. The summed E-state index contributed by atoms with van der Waals surface area (Å²) in [5, 5.41) is 1.26. The molecule has 2 aliphatic heterocycles. The number of ether oxygens (including phenoxy) is 2. The molecule has 2 N–H and O–H groups in total. The van der Waals surface area contributed by atoms with Crippen LogP contribution in [0.1, 0.15) is 54.9 Å². The number of piperidine rings is 1. The maximum atomic E-state index is 6.06. The molecular weight excluding hydrogens is 436 g/mol. The fraction of sp³-hybridized carbons (Fsp3) is 0.414. The van der Waals surface area contributed by atoms with Gasteiger partial charge in [0, 0.05) is 53.6 Å². The van der Waals surface area contributed by atoms with Gasteiger partial charge in [-0.15, -0.1) is 0 Å². The zero-order valence-corrected chi connectivity index (χ0v) is 21.4. The molecule has 1 aromatic carbocycles. The first-order valence-electron chi connectivity index (χ1n) is 12.6. The van der Waals surface area contributed by atoms with E-state index in [2.05, 4.69) is 79.0 Å². The first-order valence-corrected chi connectivity index (χ1v) is 12.6. The lowest BCUT2D eigenvalue weighted by molar-refractivity contribution is -0.0278. The fourth-order valence-electron chi connectivity index (χ4n) is 5.24. The van der Waals surface area contributed by atoms with Gasteiger partial charge in [-0.1, -0.05) is 18.2 Å². The summed E-state index contributed by atoms with van der Waals surface area (Å²) in [6.07, 6.45) is 6.93. The van der Waals surface area contributed by atoms with Gasteiger partial charge in [0.25, 0.3) is 0 Å². The van der Waals surface area contributed by atoms with Crippen LogP contribution in [0.3, 0.4) is 0 Å². The normalized spacial score (nSPS) is 18.6. The Bertz CT molecular complexity index is 1300. The average molecular weight is 473 g/mol. The van der Waals surface area contributed by atoms with E-state index in [4.69, 9.17) is 14.5 Å². The number of likely N-dealkylation sites (tertiary alicyclic amines) is 1. The van der Waals surface area contributed by atoms with Gasteiger partial charge in [0.1, 0.15) is 11.5 Å². The van der Waals surface area contributed by atoms with Crippen molar-refractivity contribution in [1.29, 1.82) is 0 Å². The third-order valence-corrected chi connectivity index (χ3v) is 6.90. The van der Waals surface area contributed by atoms with Crippen molar-refractivity contribution in [3.8, 4) is 0 Å². The van der Waals surface area contributed by atoms with E-state index in [9.17, 15) is 0 Å². The largest absolute Gasteiger partial charge is 0.494 e. The van der Waals surface area contributed by atoms with Crippen LogP contribution in [0.15, 0.2) is 52.9 Å².